The van der Waals surface area contributed by atoms with Crippen molar-refractivity contribution >= 4 is 22.6 Å². The molecule has 0 aromatic heterocycles. The summed E-state index contributed by atoms with van der Waals surface area (Å²) in [5, 5.41) is 20.5. The Labute approximate surface area is 91.3 Å². The first-order valence-electron chi connectivity index (χ1n) is 4.88. The lowest BCUT2D eigenvalue weighted by Crippen LogP contribution is -2.01. The molecule has 1 aliphatic rings. The smallest absolute Gasteiger partial charge is 0.186 e. The second-order valence-corrected chi connectivity index (χ2v) is 3.76. The van der Waals surface area contributed by atoms with Crippen LogP contribution in [0.5, 0.6) is 11.5 Å². The summed E-state index contributed by atoms with van der Waals surface area (Å²) in [4.78, 5) is 11.7. The Morgan fingerprint density at radius 2 is 1.88 bits per heavy atom. The summed E-state index contributed by atoms with van der Waals surface area (Å²) < 4.78 is 0. The normalized spacial score (nSPS) is 13.4. The largest absolute Gasteiger partial charge is 0.504 e. The van der Waals surface area contributed by atoms with Gasteiger partial charge in [-0.2, -0.15) is 0 Å². The molecule has 0 radical (unpaired) electrons. The first kappa shape index (κ1) is 8.97. The van der Waals surface area contributed by atoms with Crippen LogP contribution in [0.4, 0.5) is 0 Å². The molecule has 1 aliphatic carbocycles. The molecule has 2 aromatic carbocycles. The van der Waals surface area contributed by atoms with E-state index in [1.54, 1.807) is 18.2 Å². The van der Waals surface area contributed by atoms with E-state index in [0.717, 1.165) is 5.56 Å². The van der Waals surface area contributed by atoms with Gasteiger partial charge >= 0.3 is 0 Å². The van der Waals surface area contributed by atoms with E-state index in [4.69, 9.17) is 0 Å². The standard InChI is InChI=1S/C13H8O3/c14-10-5-4-7-2-1-3-8-12(7)9(10)6-11(15)13(8)16/h1-6,15-16H. The highest BCUT2D eigenvalue weighted by Gasteiger charge is 2.19. The Balaban J connectivity index is 2.60. The molecule has 2 N–H and O–H groups in total. The number of phenols is 2. The van der Waals surface area contributed by atoms with Crippen LogP contribution in [0, 0.1) is 0 Å². The van der Waals surface area contributed by atoms with Crippen LogP contribution in [-0.2, 0) is 0 Å². The number of hydrogen-bond acceptors (Lipinski definition) is 3. The molecule has 3 rings (SSSR count). The average molecular weight is 212 g/mol. The third-order valence-corrected chi connectivity index (χ3v) is 2.82. The first-order valence-corrected chi connectivity index (χ1v) is 4.88. The number of hydrogen-bond donors (Lipinski definition) is 2. The maximum Gasteiger partial charge on any atom is 0.186 e. The van der Waals surface area contributed by atoms with E-state index in [-0.39, 0.29) is 17.3 Å². The highest BCUT2D eigenvalue weighted by Crippen LogP contribution is 2.39. The van der Waals surface area contributed by atoms with Gasteiger partial charge in [-0.3, -0.25) is 4.79 Å². The second-order valence-electron chi connectivity index (χ2n) is 3.76. The van der Waals surface area contributed by atoms with Crippen molar-refractivity contribution in [2.24, 2.45) is 0 Å². The number of phenolic OH excluding ortho intramolecular Hbond substituents is 2. The summed E-state index contributed by atoms with van der Waals surface area (Å²) >= 11 is 0. The fourth-order valence-corrected chi connectivity index (χ4v) is 2.07. The predicted molar refractivity (Wildman–Crippen MR) is 60.6 cm³/mol. The van der Waals surface area contributed by atoms with Crippen LogP contribution >= 0.6 is 0 Å². The highest BCUT2D eigenvalue weighted by atomic mass is 16.3. The minimum atomic E-state index is -0.261. The number of rotatable bonds is 0. The van der Waals surface area contributed by atoms with Crippen LogP contribution in [0.1, 0.15) is 15.9 Å². The molecule has 0 amide bonds. The zero-order valence-corrected chi connectivity index (χ0v) is 8.27. The van der Waals surface area contributed by atoms with E-state index in [2.05, 4.69) is 0 Å². The van der Waals surface area contributed by atoms with E-state index < -0.39 is 0 Å². The quantitative estimate of drug-likeness (QED) is 0.659. The van der Waals surface area contributed by atoms with Crippen LogP contribution < -0.4 is 0 Å². The average Bonchev–Trinajstić information content (AvgIpc) is 2.29. The van der Waals surface area contributed by atoms with Gasteiger partial charge < -0.3 is 10.2 Å². The minimum Gasteiger partial charge on any atom is -0.504 e. The Hall–Kier alpha value is -2.29. The van der Waals surface area contributed by atoms with Crippen LogP contribution in [0.2, 0.25) is 0 Å². The van der Waals surface area contributed by atoms with E-state index in [9.17, 15) is 15.0 Å². The molecule has 0 atom stereocenters. The van der Waals surface area contributed by atoms with Crippen molar-refractivity contribution < 1.29 is 15.0 Å². The van der Waals surface area contributed by atoms with Crippen LogP contribution in [-0.4, -0.2) is 16.0 Å². The van der Waals surface area contributed by atoms with E-state index in [1.807, 2.05) is 6.07 Å². The third-order valence-electron chi connectivity index (χ3n) is 2.82. The van der Waals surface area contributed by atoms with Crippen molar-refractivity contribution in [3.05, 3.63) is 41.5 Å². The molecular formula is C13H8O3. The van der Waals surface area contributed by atoms with Gasteiger partial charge in [-0.1, -0.05) is 24.3 Å². The van der Waals surface area contributed by atoms with Gasteiger partial charge in [0.05, 0.1) is 0 Å². The Kier molecular flexibility index (Phi) is 1.60. The van der Waals surface area contributed by atoms with Gasteiger partial charge in [0.2, 0.25) is 0 Å². The monoisotopic (exact) mass is 212 g/mol. The summed E-state index contributed by atoms with van der Waals surface area (Å²) in [7, 11) is 0. The molecule has 0 spiro atoms. The van der Waals surface area contributed by atoms with Crippen LogP contribution in [0.15, 0.2) is 30.3 Å². The second kappa shape index (κ2) is 2.85. The van der Waals surface area contributed by atoms with Gasteiger partial charge in [-0.15, -0.1) is 0 Å². The van der Waals surface area contributed by atoms with Gasteiger partial charge in [0.1, 0.15) is 0 Å². The summed E-state index contributed by atoms with van der Waals surface area (Å²) in [6.07, 6.45) is 3.18. The zero-order chi connectivity index (χ0) is 11.3. The number of ketones is 1. The lowest BCUT2D eigenvalue weighted by molar-refractivity contribution is 0.104. The summed E-state index contributed by atoms with van der Waals surface area (Å²) in [6.45, 7) is 0. The Bertz CT molecular complexity index is 654. The molecule has 16 heavy (non-hydrogen) atoms. The molecule has 0 saturated carbocycles. The fraction of sp³-hybridized carbons (Fsp3) is 0. The molecule has 3 heteroatoms. The summed E-state index contributed by atoms with van der Waals surface area (Å²) in [5.74, 6) is -0.592. The summed E-state index contributed by atoms with van der Waals surface area (Å²) in [5.41, 5.74) is 1.31. The number of aromatic hydroxyl groups is 2. The lowest BCUT2D eigenvalue weighted by Gasteiger charge is -2.13. The van der Waals surface area contributed by atoms with Gasteiger partial charge in [0.15, 0.2) is 17.3 Å². The molecule has 0 heterocycles. The van der Waals surface area contributed by atoms with E-state index in [0.29, 0.717) is 16.3 Å². The number of benzene rings is 2. The third kappa shape index (κ3) is 0.997. The molecule has 3 nitrogen and oxygen atoms in total. The van der Waals surface area contributed by atoms with Crippen molar-refractivity contribution in [3.8, 4) is 11.5 Å². The van der Waals surface area contributed by atoms with Gasteiger partial charge in [-0.25, -0.2) is 0 Å². The molecule has 78 valence electrons. The number of carbonyl (C=O) groups excluding carboxylic acids is 1. The Morgan fingerprint density at radius 1 is 1.06 bits per heavy atom. The van der Waals surface area contributed by atoms with Crippen LogP contribution in [0.3, 0.4) is 0 Å². The molecule has 0 aliphatic heterocycles. The van der Waals surface area contributed by atoms with Crippen molar-refractivity contribution in [2.45, 2.75) is 0 Å². The highest BCUT2D eigenvalue weighted by molar-refractivity contribution is 6.21. The molecule has 0 fully saturated rings. The topological polar surface area (TPSA) is 57.5 Å². The van der Waals surface area contributed by atoms with Gasteiger partial charge in [-0.05, 0) is 17.7 Å². The van der Waals surface area contributed by atoms with Gasteiger partial charge in [0, 0.05) is 16.3 Å². The molecular weight excluding hydrogens is 204 g/mol. The van der Waals surface area contributed by atoms with E-state index >= 15 is 0 Å². The maximum absolute atomic E-state index is 11.7. The summed E-state index contributed by atoms with van der Waals surface area (Å²) in [6, 6.07) is 6.64. The molecule has 2 aromatic rings. The molecule has 0 saturated heterocycles. The lowest BCUT2D eigenvalue weighted by atomic mass is 9.91. The maximum atomic E-state index is 11.7. The van der Waals surface area contributed by atoms with Crippen molar-refractivity contribution in [2.75, 3.05) is 0 Å². The number of allylic oxidation sites excluding steroid dienone is 1. The minimum absolute atomic E-state index is 0.154. The van der Waals surface area contributed by atoms with E-state index in [1.165, 1.54) is 12.1 Å². The molecule has 0 unspecified atom stereocenters. The molecule has 0 bridgehead atoms. The zero-order valence-electron chi connectivity index (χ0n) is 8.27. The van der Waals surface area contributed by atoms with Crippen molar-refractivity contribution in [1.29, 1.82) is 0 Å². The van der Waals surface area contributed by atoms with Crippen molar-refractivity contribution in [1.82, 2.24) is 0 Å². The number of carbonyl (C=O) groups is 1. The SMILES string of the molecule is O=C1C=Cc2cccc3c(O)c(O)cc1c23. The predicted octanol–water partition coefficient (Wildman–Crippen LogP) is 2.46. The fourth-order valence-electron chi connectivity index (χ4n) is 2.07. The van der Waals surface area contributed by atoms with Crippen molar-refractivity contribution in [3.63, 3.8) is 0 Å². The van der Waals surface area contributed by atoms with Gasteiger partial charge in [0.25, 0.3) is 0 Å². The first-order chi connectivity index (χ1) is 7.68. The Morgan fingerprint density at radius 3 is 2.69 bits per heavy atom. The van der Waals surface area contributed by atoms with Crippen LogP contribution in [0.25, 0.3) is 16.8 Å².